The summed E-state index contributed by atoms with van der Waals surface area (Å²) >= 11 is 0. The van der Waals surface area contributed by atoms with Gasteiger partial charge in [0.05, 0.1) is 17.0 Å². The number of rotatable bonds is 5. The molecular formula is C14H22N2O3S. The molecule has 2 rings (SSSR count). The molecule has 1 aliphatic rings. The Hall–Kier alpha value is -1.11. The number of ether oxygens (including phenoxy) is 1. The smallest absolute Gasteiger partial charge is 0.240 e. The Kier molecular flexibility index (Phi) is 4.67. The maximum atomic E-state index is 12.0. The van der Waals surface area contributed by atoms with Crippen LogP contribution in [-0.2, 0) is 14.8 Å². The van der Waals surface area contributed by atoms with Gasteiger partial charge in [0.25, 0.3) is 0 Å². The Bertz CT molecular complexity index is 540. The summed E-state index contributed by atoms with van der Waals surface area (Å²) in [5.74, 6) is 0. The first-order chi connectivity index (χ1) is 9.38. The van der Waals surface area contributed by atoms with Crippen molar-refractivity contribution in [2.45, 2.75) is 50.3 Å². The quantitative estimate of drug-likeness (QED) is 0.872. The van der Waals surface area contributed by atoms with Crippen molar-refractivity contribution < 1.29 is 13.2 Å². The van der Waals surface area contributed by atoms with Gasteiger partial charge in [-0.05, 0) is 51.5 Å². The lowest BCUT2D eigenvalue weighted by Gasteiger charge is -2.17. The van der Waals surface area contributed by atoms with Crippen molar-refractivity contribution in [2.24, 2.45) is 0 Å². The molecule has 2 unspecified atom stereocenters. The highest BCUT2D eigenvalue weighted by atomic mass is 32.2. The highest BCUT2D eigenvalue weighted by Gasteiger charge is 2.24. The molecule has 1 saturated heterocycles. The summed E-state index contributed by atoms with van der Waals surface area (Å²) in [5, 5.41) is 3.37. The largest absolute Gasteiger partial charge is 0.380 e. The lowest BCUT2D eigenvalue weighted by atomic mass is 10.1. The summed E-state index contributed by atoms with van der Waals surface area (Å²) in [5.41, 5.74) is 0.913. The van der Waals surface area contributed by atoms with Crippen LogP contribution in [0.5, 0.6) is 0 Å². The van der Waals surface area contributed by atoms with E-state index >= 15 is 0 Å². The fourth-order valence-electron chi connectivity index (χ4n) is 2.24. The molecule has 0 spiro atoms. The van der Waals surface area contributed by atoms with Crippen LogP contribution in [0, 0.1) is 0 Å². The summed E-state index contributed by atoms with van der Waals surface area (Å²) in [4.78, 5) is 0.285. The van der Waals surface area contributed by atoms with E-state index < -0.39 is 10.0 Å². The van der Waals surface area contributed by atoms with Crippen molar-refractivity contribution in [3.05, 3.63) is 24.3 Å². The molecule has 1 heterocycles. The van der Waals surface area contributed by atoms with E-state index in [0.717, 1.165) is 18.7 Å². The lowest BCUT2D eigenvalue weighted by molar-refractivity contribution is 0.121. The molecule has 2 atom stereocenters. The Morgan fingerprint density at radius 1 is 1.25 bits per heavy atom. The number of hydrogen-bond acceptors (Lipinski definition) is 4. The SMILES string of the molecule is CC(C)NS(=O)(=O)c1ccc(NC2CCOC2C)cc1. The summed E-state index contributed by atoms with van der Waals surface area (Å²) in [6, 6.07) is 6.99. The van der Waals surface area contributed by atoms with E-state index in [1.807, 2.05) is 6.92 Å². The Balaban J connectivity index is 2.06. The van der Waals surface area contributed by atoms with Crippen molar-refractivity contribution in [1.82, 2.24) is 4.72 Å². The van der Waals surface area contributed by atoms with Crippen molar-refractivity contribution >= 4 is 15.7 Å². The minimum absolute atomic E-state index is 0.116. The van der Waals surface area contributed by atoms with Gasteiger partial charge in [-0.15, -0.1) is 0 Å². The monoisotopic (exact) mass is 298 g/mol. The van der Waals surface area contributed by atoms with Gasteiger partial charge in [0, 0.05) is 18.3 Å². The number of anilines is 1. The fraction of sp³-hybridized carbons (Fsp3) is 0.571. The Morgan fingerprint density at radius 2 is 1.90 bits per heavy atom. The zero-order valence-corrected chi connectivity index (χ0v) is 12.9. The van der Waals surface area contributed by atoms with Gasteiger partial charge in [-0.1, -0.05) is 0 Å². The molecule has 2 N–H and O–H groups in total. The standard InChI is InChI=1S/C14H22N2O3S/c1-10(2)16-20(17,18)13-6-4-12(5-7-13)15-14-8-9-19-11(14)3/h4-7,10-11,14-16H,8-9H2,1-3H3. The van der Waals surface area contributed by atoms with Crippen molar-refractivity contribution in [1.29, 1.82) is 0 Å². The molecule has 0 saturated carbocycles. The van der Waals surface area contributed by atoms with Gasteiger partial charge in [0.2, 0.25) is 10.0 Å². The van der Waals surface area contributed by atoms with Crippen LogP contribution in [-0.4, -0.2) is 33.2 Å². The third-order valence-corrected chi connectivity index (χ3v) is 4.96. The third-order valence-electron chi connectivity index (χ3n) is 3.28. The molecule has 0 aliphatic carbocycles. The van der Waals surface area contributed by atoms with Crippen LogP contribution in [0.1, 0.15) is 27.2 Å². The first-order valence-electron chi connectivity index (χ1n) is 6.89. The van der Waals surface area contributed by atoms with Crippen LogP contribution in [0.4, 0.5) is 5.69 Å². The van der Waals surface area contributed by atoms with Crippen LogP contribution < -0.4 is 10.0 Å². The van der Waals surface area contributed by atoms with E-state index in [1.165, 1.54) is 0 Å². The minimum Gasteiger partial charge on any atom is -0.380 e. The maximum absolute atomic E-state index is 12.0. The predicted molar refractivity (Wildman–Crippen MR) is 79.3 cm³/mol. The molecule has 0 aromatic heterocycles. The summed E-state index contributed by atoms with van der Waals surface area (Å²) in [6.45, 7) is 6.41. The minimum atomic E-state index is -3.42. The first-order valence-corrected chi connectivity index (χ1v) is 8.37. The maximum Gasteiger partial charge on any atom is 0.240 e. The average molecular weight is 298 g/mol. The molecule has 112 valence electrons. The molecule has 5 nitrogen and oxygen atoms in total. The molecule has 6 heteroatoms. The summed E-state index contributed by atoms with van der Waals surface area (Å²) in [6.07, 6.45) is 1.15. The van der Waals surface area contributed by atoms with E-state index in [1.54, 1.807) is 38.1 Å². The van der Waals surface area contributed by atoms with Crippen LogP contribution in [0.2, 0.25) is 0 Å². The third kappa shape index (κ3) is 3.71. The lowest BCUT2D eigenvalue weighted by Crippen LogP contribution is -2.30. The van der Waals surface area contributed by atoms with E-state index in [4.69, 9.17) is 4.74 Å². The number of nitrogens with one attached hydrogen (secondary N) is 2. The second kappa shape index (κ2) is 6.11. The highest BCUT2D eigenvalue weighted by Crippen LogP contribution is 2.20. The van der Waals surface area contributed by atoms with Gasteiger partial charge in [-0.2, -0.15) is 0 Å². The number of hydrogen-bond donors (Lipinski definition) is 2. The van der Waals surface area contributed by atoms with Gasteiger partial charge in [0.15, 0.2) is 0 Å². The van der Waals surface area contributed by atoms with Gasteiger partial charge in [-0.3, -0.25) is 0 Å². The molecule has 0 amide bonds. The fourth-order valence-corrected chi connectivity index (χ4v) is 3.50. The van der Waals surface area contributed by atoms with Crippen molar-refractivity contribution in [3.8, 4) is 0 Å². The number of benzene rings is 1. The molecule has 1 aromatic carbocycles. The van der Waals surface area contributed by atoms with E-state index in [9.17, 15) is 8.42 Å². The van der Waals surface area contributed by atoms with Crippen LogP contribution in [0.3, 0.4) is 0 Å². The van der Waals surface area contributed by atoms with Gasteiger partial charge < -0.3 is 10.1 Å². The van der Waals surface area contributed by atoms with Crippen LogP contribution >= 0.6 is 0 Å². The van der Waals surface area contributed by atoms with Crippen LogP contribution in [0.15, 0.2) is 29.2 Å². The van der Waals surface area contributed by atoms with Crippen molar-refractivity contribution in [3.63, 3.8) is 0 Å². The second-order valence-corrected chi connectivity index (χ2v) is 7.13. The van der Waals surface area contributed by atoms with Crippen molar-refractivity contribution in [2.75, 3.05) is 11.9 Å². The zero-order valence-electron chi connectivity index (χ0n) is 12.1. The second-order valence-electron chi connectivity index (χ2n) is 5.42. The van der Waals surface area contributed by atoms with E-state index in [0.29, 0.717) is 0 Å². The zero-order chi connectivity index (χ0) is 14.8. The molecule has 1 fully saturated rings. The Morgan fingerprint density at radius 3 is 2.40 bits per heavy atom. The highest BCUT2D eigenvalue weighted by molar-refractivity contribution is 7.89. The van der Waals surface area contributed by atoms with Crippen LogP contribution in [0.25, 0.3) is 0 Å². The molecule has 0 radical (unpaired) electrons. The van der Waals surface area contributed by atoms with Gasteiger partial charge in [0.1, 0.15) is 0 Å². The number of sulfonamides is 1. The summed E-state index contributed by atoms with van der Waals surface area (Å²) < 4.78 is 32.1. The normalized spacial score (nSPS) is 23.2. The predicted octanol–water partition coefficient (Wildman–Crippen LogP) is 1.96. The molecule has 20 heavy (non-hydrogen) atoms. The Labute approximate surface area is 120 Å². The van der Waals surface area contributed by atoms with Gasteiger partial charge >= 0.3 is 0 Å². The van der Waals surface area contributed by atoms with E-state index in [2.05, 4.69) is 10.0 Å². The van der Waals surface area contributed by atoms with Gasteiger partial charge in [-0.25, -0.2) is 13.1 Å². The average Bonchev–Trinajstić information content (AvgIpc) is 2.74. The first kappa shape index (κ1) is 15.3. The molecular weight excluding hydrogens is 276 g/mol. The topological polar surface area (TPSA) is 67.4 Å². The summed E-state index contributed by atoms with van der Waals surface area (Å²) in [7, 11) is -3.42. The molecule has 1 aliphatic heterocycles. The molecule has 1 aromatic rings. The molecule has 0 bridgehead atoms. The van der Waals surface area contributed by atoms with E-state index in [-0.39, 0.29) is 23.1 Å².